The summed E-state index contributed by atoms with van der Waals surface area (Å²) in [7, 11) is 0. The molecule has 2 aromatic heterocycles. The quantitative estimate of drug-likeness (QED) is 0.791. The predicted octanol–water partition coefficient (Wildman–Crippen LogP) is 3.30. The molecule has 0 amide bonds. The molecule has 1 N–H and O–H groups in total. The van der Waals surface area contributed by atoms with Crippen LogP contribution in [0, 0.1) is 6.92 Å². The maximum Gasteiger partial charge on any atom is 0.204 e. The zero-order chi connectivity index (χ0) is 14.1. The van der Waals surface area contributed by atoms with Gasteiger partial charge < -0.3 is 5.32 Å². The summed E-state index contributed by atoms with van der Waals surface area (Å²) in [6.45, 7) is 6.29. The van der Waals surface area contributed by atoms with Gasteiger partial charge in [-0.2, -0.15) is 0 Å². The van der Waals surface area contributed by atoms with Crippen LogP contribution < -0.4 is 5.32 Å². The zero-order valence-corrected chi connectivity index (χ0v) is 11.8. The first-order valence-electron chi connectivity index (χ1n) is 6.68. The van der Waals surface area contributed by atoms with E-state index >= 15 is 0 Å². The first-order valence-corrected chi connectivity index (χ1v) is 6.68. The lowest BCUT2D eigenvalue weighted by Crippen LogP contribution is -1.98. The monoisotopic (exact) mass is 267 g/mol. The third-order valence-corrected chi connectivity index (χ3v) is 3.34. The number of hydrogen-bond donors (Lipinski definition) is 1. The summed E-state index contributed by atoms with van der Waals surface area (Å²) in [6, 6.07) is 8.37. The Kier molecular flexibility index (Phi) is 3.10. The van der Waals surface area contributed by atoms with E-state index in [1.807, 2.05) is 17.5 Å². The second-order valence-electron chi connectivity index (χ2n) is 5.12. The lowest BCUT2D eigenvalue weighted by molar-refractivity contribution is 0.867. The fourth-order valence-electron chi connectivity index (χ4n) is 2.12. The normalized spacial score (nSPS) is 11.2. The second kappa shape index (κ2) is 4.92. The summed E-state index contributed by atoms with van der Waals surface area (Å²) >= 11 is 0. The molecule has 0 fully saturated rings. The van der Waals surface area contributed by atoms with Crippen molar-refractivity contribution in [3.8, 4) is 0 Å². The van der Waals surface area contributed by atoms with E-state index in [9.17, 15) is 0 Å². The van der Waals surface area contributed by atoms with Gasteiger partial charge in [-0.3, -0.25) is 4.40 Å². The van der Waals surface area contributed by atoms with Crippen molar-refractivity contribution in [2.24, 2.45) is 0 Å². The van der Waals surface area contributed by atoms with E-state index in [2.05, 4.69) is 58.6 Å². The zero-order valence-electron chi connectivity index (χ0n) is 11.8. The molecule has 2 heterocycles. The Bertz CT molecular complexity index is 728. The number of aromatic nitrogens is 4. The summed E-state index contributed by atoms with van der Waals surface area (Å²) in [5, 5.41) is 11.5. The molecular weight excluding hydrogens is 250 g/mol. The molecule has 0 unspecified atom stereocenters. The number of hydrogen-bond acceptors (Lipinski definition) is 4. The average Bonchev–Trinajstić information content (AvgIpc) is 2.82. The molecule has 0 spiro atoms. The molecule has 1 aromatic carbocycles. The topological polar surface area (TPSA) is 55.1 Å². The van der Waals surface area contributed by atoms with E-state index in [1.54, 1.807) is 6.20 Å². The third kappa shape index (κ3) is 2.22. The van der Waals surface area contributed by atoms with E-state index < -0.39 is 0 Å². The maximum absolute atomic E-state index is 4.34. The fourth-order valence-corrected chi connectivity index (χ4v) is 2.12. The molecule has 102 valence electrons. The van der Waals surface area contributed by atoms with Crippen molar-refractivity contribution in [1.82, 2.24) is 19.6 Å². The van der Waals surface area contributed by atoms with Crippen LogP contribution >= 0.6 is 0 Å². The van der Waals surface area contributed by atoms with E-state index in [4.69, 9.17) is 0 Å². The van der Waals surface area contributed by atoms with Crippen molar-refractivity contribution in [2.75, 3.05) is 5.32 Å². The Labute approximate surface area is 117 Å². The minimum Gasteiger partial charge on any atom is -0.337 e. The maximum atomic E-state index is 4.34. The molecule has 0 saturated heterocycles. The average molecular weight is 267 g/mol. The van der Waals surface area contributed by atoms with Crippen LogP contribution in [0.3, 0.4) is 0 Å². The molecule has 0 atom stereocenters. The number of nitrogens with one attached hydrogen (secondary N) is 1. The number of benzene rings is 1. The van der Waals surface area contributed by atoms with Crippen LogP contribution in [0.25, 0.3) is 5.65 Å². The Morgan fingerprint density at radius 1 is 1.10 bits per heavy atom. The molecule has 0 aliphatic heterocycles. The molecular formula is C15H17N5. The van der Waals surface area contributed by atoms with Gasteiger partial charge in [-0.15, -0.1) is 10.2 Å². The minimum atomic E-state index is 0.532. The highest BCUT2D eigenvalue weighted by Gasteiger charge is 2.08. The molecule has 3 rings (SSSR count). The van der Waals surface area contributed by atoms with Gasteiger partial charge in [0, 0.05) is 18.1 Å². The van der Waals surface area contributed by atoms with Crippen molar-refractivity contribution in [3.05, 3.63) is 48.0 Å². The number of aryl methyl sites for hydroxylation is 1. The molecule has 20 heavy (non-hydrogen) atoms. The fraction of sp³-hybridized carbons (Fsp3) is 0.267. The van der Waals surface area contributed by atoms with E-state index in [1.165, 1.54) is 5.56 Å². The van der Waals surface area contributed by atoms with Gasteiger partial charge >= 0.3 is 0 Å². The molecule has 3 aromatic rings. The molecule has 0 aliphatic carbocycles. The summed E-state index contributed by atoms with van der Waals surface area (Å²) in [6.07, 6.45) is 3.60. The highest BCUT2D eigenvalue weighted by atomic mass is 15.3. The summed E-state index contributed by atoms with van der Waals surface area (Å²) in [4.78, 5) is 4.34. The van der Waals surface area contributed by atoms with Crippen molar-refractivity contribution in [3.63, 3.8) is 0 Å². The van der Waals surface area contributed by atoms with Gasteiger partial charge in [0.2, 0.25) is 5.65 Å². The number of rotatable bonds is 3. The lowest BCUT2D eigenvalue weighted by Gasteiger charge is -2.09. The number of fused-ring (bicyclic) bond motifs is 1. The Hall–Kier alpha value is -2.43. The summed E-state index contributed by atoms with van der Waals surface area (Å²) in [5.41, 5.74) is 3.05. The van der Waals surface area contributed by atoms with Crippen LogP contribution in [0.15, 0.2) is 36.7 Å². The Morgan fingerprint density at radius 3 is 2.55 bits per heavy atom. The molecule has 0 aliphatic rings. The highest BCUT2D eigenvalue weighted by molar-refractivity contribution is 5.69. The van der Waals surface area contributed by atoms with Gasteiger partial charge in [0.05, 0.1) is 0 Å². The standard InChI is InChI=1S/C15H17N5/c1-10(2)12-4-6-13(7-5-12)17-14-15-19-18-11(3)20(15)9-8-16-14/h4-10H,1-3H3,(H,16,17). The van der Waals surface area contributed by atoms with Gasteiger partial charge in [-0.25, -0.2) is 4.98 Å². The minimum absolute atomic E-state index is 0.532. The SMILES string of the molecule is Cc1nnc2c(Nc3ccc(C(C)C)cc3)nccn12. The van der Waals surface area contributed by atoms with Gasteiger partial charge in [0.15, 0.2) is 5.82 Å². The molecule has 0 saturated carbocycles. The summed E-state index contributed by atoms with van der Waals surface area (Å²) < 4.78 is 1.91. The predicted molar refractivity (Wildman–Crippen MR) is 79.3 cm³/mol. The van der Waals surface area contributed by atoms with Crippen LogP contribution in [0.2, 0.25) is 0 Å². The first kappa shape index (κ1) is 12.6. The number of nitrogens with zero attached hydrogens (tertiary/aromatic N) is 4. The van der Waals surface area contributed by atoms with Crippen LogP contribution in [0.4, 0.5) is 11.5 Å². The Morgan fingerprint density at radius 2 is 1.85 bits per heavy atom. The van der Waals surface area contributed by atoms with Gasteiger partial charge in [-0.05, 0) is 30.5 Å². The van der Waals surface area contributed by atoms with Crippen molar-refractivity contribution < 1.29 is 0 Å². The van der Waals surface area contributed by atoms with E-state index in [-0.39, 0.29) is 0 Å². The molecule has 5 nitrogen and oxygen atoms in total. The van der Waals surface area contributed by atoms with Crippen molar-refractivity contribution in [2.45, 2.75) is 26.7 Å². The third-order valence-electron chi connectivity index (χ3n) is 3.34. The lowest BCUT2D eigenvalue weighted by atomic mass is 10.0. The van der Waals surface area contributed by atoms with Gasteiger partial charge in [-0.1, -0.05) is 26.0 Å². The van der Waals surface area contributed by atoms with Crippen molar-refractivity contribution >= 4 is 17.2 Å². The van der Waals surface area contributed by atoms with Crippen LogP contribution in [0.5, 0.6) is 0 Å². The number of anilines is 2. The highest BCUT2D eigenvalue weighted by Crippen LogP contribution is 2.21. The van der Waals surface area contributed by atoms with Crippen LogP contribution in [-0.4, -0.2) is 19.6 Å². The molecule has 0 radical (unpaired) electrons. The first-order chi connectivity index (χ1) is 9.65. The van der Waals surface area contributed by atoms with Gasteiger partial charge in [0.1, 0.15) is 5.82 Å². The van der Waals surface area contributed by atoms with Crippen molar-refractivity contribution in [1.29, 1.82) is 0 Å². The molecule has 0 bridgehead atoms. The second-order valence-corrected chi connectivity index (χ2v) is 5.12. The largest absolute Gasteiger partial charge is 0.337 e. The van der Waals surface area contributed by atoms with Crippen LogP contribution in [0.1, 0.15) is 31.2 Å². The molecule has 5 heteroatoms. The van der Waals surface area contributed by atoms with Gasteiger partial charge in [0.25, 0.3) is 0 Å². The smallest absolute Gasteiger partial charge is 0.204 e. The van der Waals surface area contributed by atoms with E-state index in [0.29, 0.717) is 11.7 Å². The Balaban J connectivity index is 1.93. The summed E-state index contributed by atoms with van der Waals surface area (Å²) in [5.74, 6) is 2.09. The van der Waals surface area contributed by atoms with E-state index in [0.717, 1.165) is 17.2 Å². The van der Waals surface area contributed by atoms with Crippen LogP contribution in [-0.2, 0) is 0 Å².